The molecule has 0 saturated heterocycles. The molecular weight excluding hydrogens is 366 g/mol. The molecule has 0 aromatic heterocycles. The maximum absolute atomic E-state index is 12.3. The highest BCUT2D eigenvalue weighted by Gasteiger charge is 2.40. The predicted molar refractivity (Wildman–Crippen MR) is 110 cm³/mol. The van der Waals surface area contributed by atoms with E-state index in [2.05, 4.69) is 5.32 Å². The third kappa shape index (κ3) is 4.73. The molecule has 0 radical (unpaired) electrons. The molecule has 1 amide bonds. The maximum Gasteiger partial charge on any atom is 0.306 e. The molecule has 0 spiro atoms. The van der Waals surface area contributed by atoms with Crippen molar-refractivity contribution in [1.82, 2.24) is 0 Å². The summed E-state index contributed by atoms with van der Waals surface area (Å²) in [5.41, 5.74) is 1.62. The van der Waals surface area contributed by atoms with E-state index in [1.54, 1.807) is 48.5 Å². The molecule has 2 aliphatic carbocycles. The number of fused-ring (bicyclic) bond motifs is 2. The lowest BCUT2D eigenvalue weighted by Gasteiger charge is -2.20. The van der Waals surface area contributed by atoms with Crippen LogP contribution in [0.15, 0.2) is 54.6 Å². The second-order valence-electron chi connectivity index (χ2n) is 8.12. The van der Waals surface area contributed by atoms with Crippen LogP contribution < -0.4 is 5.32 Å². The molecular formula is C24H25NO4. The number of ketones is 1. The lowest BCUT2D eigenvalue weighted by molar-refractivity contribution is -0.144. The smallest absolute Gasteiger partial charge is 0.306 e. The Morgan fingerprint density at radius 1 is 0.897 bits per heavy atom. The molecule has 2 aliphatic rings. The van der Waals surface area contributed by atoms with Crippen molar-refractivity contribution >= 4 is 23.3 Å². The number of hydrogen-bond acceptors (Lipinski definition) is 4. The molecule has 2 aromatic carbocycles. The standard InChI is InChI=1S/C24H25NO4/c26-22(15-29-23(27)14-20-13-16-6-7-19(20)12-16)17-8-10-21(11-9-17)25-24(28)18-4-2-1-3-5-18/h1-5,8-11,16,19-20H,6-7,12-15H2,(H,25,28)/t16-,19+,20-/m0/s1. The number of anilines is 1. The number of rotatable bonds is 7. The minimum absolute atomic E-state index is 0.209. The molecule has 5 nitrogen and oxygen atoms in total. The number of ether oxygens (including phenoxy) is 1. The number of Topliss-reactive ketones (excluding diaryl/α,β-unsaturated/α-hetero) is 1. The fourth-order valence-electron chi connectivity index (χ4n) is 4.66. The largest absolute Gasteiger partial charge is 0.457 e. The van der Waals surface area contributed by atoms with E-state index < -0.39 is 0 Å². The first-order chi connectivity index (χ1) is 14.1. The summed E-state index contributed by atoms with van der Waals surface area (Å²) in [7, 11) is 0. The van der Waals surface area contributed by atoms with Gasteiger partial charge in [-0.3, -0.25) is 14.4 Å². The zero-order valence-electron chi connectivity index (χ0n) is 16.3. The van der Waals surface area contributed by atoms with Crippen molar-refractivity contribution in [2.45, 2.75) is 32.1 Å². The summed E-state index contributed by atoms with van der Waals surface area (Å²) in [6, 6.07) is 15.5. The van der Waals surface area contributed by atoms with Gasteiger partial charge in [0.15, 0.2) is 12.4 Å². The van der Waals surface area contributed by atoms with Crippen LogP contribution in [0.2, 0.25) is 0 Å². The summed E-state index contributed by atoms with van der Waals surface area (Å²) in [5, 5.41) is 2.79. The fourth-order valence-corrected chi connectivity index (χ4v) is 4.66. The Morgan fingerprint density at radius 2 is 1.66 bits per heavy atom. The van der Waals surface area contributed by atoms with Crippen LogP contribution in [0.3, 0.4) is 0 Å². The van der Waals surface area contributed by atoms with Crippen LogP contribution in [0.5, 0.6) is 0 Å². The quantitative estimate of drug-likeness (QED) is 0.557. The van der Waals surface area contributed by atoms with Crippen molar-refractivity contribution in [3.63, 3.8) is 0 Å². The molecule has 2 fully saturated rings. The number of esters is 1. The maximum atomic E-state index is 12.3. The van der Waals surface area contributed by atoms with Crippen molar-refractivity contribution in [3.8, 4) is 0 Å². The van der Waals surface area contributed by atoms with Gasteiger partial charge in [0, 0.05) is 23.2 Å². The number of hydrogen-bond donors (Lipinski definition) is 1. The Kier molecular flexibility index (Phi) is 5.74. The van der Waals surface area contributed by atoms with Gasteiger partial charge in [-0.25, -0.2) is 0 Å². The summed E-state index contributed by atoms with van der Waals surface area (Å²) < 4.78 is 5.22. The number of carbonyl (C=O) groups is 3. The summed E-state index contributed by atoms with van der Waals surface area (Å²) in [6.45, 7) is -0.241. The van der Waals surface area contributed by atoms with Gasteiger partial charge in [0.25, 0.3) is 5.91 Å². The first kappa shape index (κ1) is 19.4. The van der Waals surface area contributed by atoms with Gasteiger partial charge in [0.05, 0.1) is 0 Å². The first-order valence-corrected chi connectivity index (χ1v) is 10.2. The van der Waals surface area contributed by atoms with E-state index in [1.165, 1.54) is 19.3 Å². The average molecular weight is 391 g/mol. The van der Waals surface area contributed by atoms with Gasteiger partial charge >= 0.3 is 5.97 Å². The van der Waals surface area contributed by atoms with E-state index >= 15 is 0 Å². The summed E-state index contributed by atoms with van der Waals surface area (Å²) in [5.74, 6) is 1.17. The zero-order chi connectivity index (χ0) is 20.2. The topological polar surface area (TPSA) is 72.5 Å². The summed E-state index contributed by atoms with van der Waals surface area (Å²) in [6.07, 6.45) is 5.35. The number of benzene rings is 2. The average Bonchev–Trinajstić information content (AvgIpc) is 3.36. The third-order valence-electron chi connectivity index (χ3n) is 6.18. The molecule has 150 valence electrons. The van der Waals surface area contributed by atoms with E-state index in [0.717, 1.165) is 12.3 Å². The van der Waals surface area contributed by atoms with Crippen LogP contribution in [0.1, 0.15) is 52.8 Å². The zero-order valence-corrected chi connectivity index (χ0v) is 16.3. The van der Waals surface area contributed by atoms with Crippen LogP contribution >= 0.6 is 0 Å². The molecule has 0 aliphatic heterocycles. The second-order valence-corrected chi connectivity index (χ2v) is 8.12. The van der Waals surface area contributed by atoms with Gasteiger partial charge < -0.3 is 10.1 Å². The molecule has 2 saturated carbocycles. The van der Waals surface area contributed by atoms with Gasteiger partial charge in [0.2, 0.25) is 0 Å². The number of nitrogens with one attached hydrogen (secondary N) is 1. The highest BCUT2D eigenvalue weighted by atomic mass is 16.5. The Labute approximate surface area is 170 Å². The van der Waals surface area contributed by atoms with Crippen molar-refractivity contribution in [2.24, 2.45) is 17.8 Å². The molecule has 29 heavy (non-hydrogen) atoms. The Balaban J connectivity index is 1.24. The Morgan fingerprint density at radius 3 is 2.31 bits per heavy atom. The second kappa shape index (κ2) is 8.60. The normalized spacial score (nSPS) is 22.3. The molecule has 2 aromatic rings. The van der Waals surface area contributed by atoms with Gasteiger partial charge in [0.1, 0.15) is 0 Å². The number of amides is 1. The molecule has 1 N–H and O–H groups in total. The van der Waals surface area contributed by atoms with Gasteiger partial charge in [-0.15, -0.1) is 0 Å². The highest BCUT2D eigenvalue weighted by molar-refractivity contribution is 6.04. The predicted octanol–water partition coefficient (Wildman–Crippen LogP) is 4.49. The van der Waals surface area contributed by atoms with Crippen molar-refractivity contribution in [2.75, 3.05) is 11.9 Å². The van der Waals surface area contributed by atoms with Crippen molar-refractivity contribution in [3.05, 3.63) is 65.7 Å². The number of carbonyl (C=O) groups excluding carboxylic acids is 3. The summed E-state index contributed by atoms with van der Waals surface area (Å²) in [4.78, 5) is 36.6. The van der Waals surface area contributed by atoms with Crippen LogP contribution in [-0.4, -0.2) is 24.3 Å². The van der Waals surface area contributed by atoms with Crippen LogP contribution in [0.4, 0.5) is 5.69 Å². The SMILES string of the molecule is O=C(C[C@@H]1C[C@H]2CC[C@@H]1C2)OCC(=O)c1ccc(NC(=O)c2ccccc2)cc1. The van der Waals surface area contributed by atoms with Crippen LogP contribution in [0.25, 0.3) is 0 Å². The highest BCUT2D eigenvalue weighted by Crippen LogP contribution is 2.49. The minimum atomic E-state index is -0.275. The third-order valence-corrected chi connectivity index (χ3v) is 6.18. The van der Waals surface area contributed by atoms with Crippen molar-refractivity contribution < 1.29 is 19.1 Å². The van der Waals surface area contributed by atoms with E-state index in [-0.39, 0.29) is 24.3 Å². The fraction of sp³-hybridized carbons (Fsp3) is 0.375. The monoisotopic (exact) mass is 391 g/mol. The molecule has 2 bridgehead atoms. The lowest BCUT2D eigenvalue weighted by atomic mass is 9.86. The van der Waals surface area contributed by atoms with Crippen LogP contribution in [0, 0.1) is 17.8 Å². The van der Waals surface area contributed by atoms with E-state index in [0.29, 0.717) is 35.1 Å². The van der Waals surface area contributed by atoms with E-state index in [1.807, 2.05) is 6.07 Å². The van der Waals surface area contributed by atoms with Gasteiger partial charge in [-0.1, -0.05) is 24.6 Å². The molecule has 0 unspecified atom stereocenters. The first-order valence-electron chi connectivity index (χ1n) is 10.2. The van der Waals surface area contributed by atoms with Crippen LogP contribution in [-0.2, 0) is 9.53 Å². The molecule has 4 rings (SSSR count). The molecule has 3 atom stereocenters. The van der Waals surface area contributed by atoms with E-state index in [4.69, 9.17) is 4.74 Å². The van der Waals surface area contributed by atoms with Crippen molar-refractivity contribution in [1.29, 1.82) is 0 Å². The lowest BCUT2D eigenvalue weighted by Crippen LogP contribution is -2.19. The van der Waals surface area contributed by atoms with Gasteiger partial charge in [-0.2, -0.15) is 0 Å². The van der Waals surface area contributed by atoms with E-state index in [9.17, 15) is 14.4 Å². The molecule has 0 heterocycles. The van der Waals surface area contributed by atoms with Gasteiger partial charge in [-0.05, 0) is 73.4 Å². The molecule has 5 heteroatoms. The Bertz CT molecular complexity index is 891. The Hall–Kier alpha value is -2.95. The minimum Gasteiger partial charge on any atom is -0.457 e. The summed E-state index contributed by atoms with van der Waals surface area (Å²) >= 11 is 0.